The van der Waals surface area contributed by atoms with E-state index in [0.29, 0.717) is 48.4 Å². The van der Waals surface area contributed by atoms with Crippen LogP contribution in [-0.4, -0.2) is 63.1 Å². The van der Waals surface area contributed by atoms with Crippen molar-refractivity contribution in [2.45, 2.75) is 20.3 Å². The summed E-state index contributed by atoms with van der Waals surface area (Å²) in [5.41, 5.74) is 0.803. The molecule has 0 radical (unpaired) electrons. The average molecular weight is 402 g/mol. The number of esters is 1. The molecule has 9 heteroatoms. The van der Waals surface area contributed by atoms with Crippen molar-refractivity contribution >= 4 is 44.9 Å². The standard InChI is InChI=1S/C17H24ClN3O4S/c1-5-8-25-16(22)13-11(2)12-14(19-17(18)20-15(12)26-13)21(6-9-23-3)7-10-24-4/h5-10H2,1-4H3. The minimum atomic E-state index is -0.338. The van der Waals surface area contributed by atoms with E-state index in [1.807, 2.05) is 18.7 Å². The molecule has 26 heavy (non-hydrogen) atoms. The van der Waals surface area contributed by atoms with E-state index in [-0.39, 0.29) is 11.3 Å². The summed E-state index contributed by atoms with van der Waals surface area (Å²) in [5, 5.41) is 0.956. The van der Waals surface area contributed by atoms with Gasteiger partial charge in [0, 0.05) is 27.3 Å². The fraction of sp³-hybridized carbons (Fsp3) is 0.588. The van der Waals surface area contributed by atoms with Crippen LogP contribution in [0.3, 0.4) is 0 Å². The highest BCUT2D eigenvalue weighted by Gasteiger charge is 2.23. The highest BCUT2D eigenvalue weighted by molar-refractivity contribution is 7.20. The molecule has 0 N–H and O–H groups in total. The van der Waals surface area contributed by atoms with Gasteiger partial charge in [-0.3, -0.25) is 0 Å². The van der Waals surface area contributed by atoms with E-state index < -0.39 is 0 Å². The number of thiophene rings is 1. The van der Waals surface area contributed by atoms with Gasteiger partial charge in [-0.25, -0.2) is 9.78 Å². The van der Waals surface area contributed by atoms with Gasteiger partial charge in [-0.05, 0) is 30.5 Å². The van der Waals surface area contributed by atoms with Crippen LogP contribution in [-0.2, 0) is 14.2 Å². The molecule has 0 bridgehead atoms. The van der Waals surface area contributed by atoms with Crippen LogP contribution in [0.1, 0.15) is 28.6 Å². The number of rotatable bonds is 10. The normalized spacial score (nSPS) is 11.1. The van der Waals surface area contributed by atoms with Crippen molar-refractivity contribution in [3.8, 4) is 0 Å². The fourth-order valence-electron chi connectivity index (χ4n) is 2.50. The molecule has 0 fully saturated rings. The molecular weight excluding hydrogens is 378 g/mol. The number of aromatic nitrogens is 2. The molecule has 0 saturated carbocycles. The maximum absolute atomic E-state index is 12.4. The lowest BCUT2D eigenvalue weighted by Crippen LogP contribution is -2.31. The summed E-state index contributed by atoms with van der Waals surface area (Å²) in [7, 11) is 3.30. The third-order valence-electron chi connectivity index (χ3n) is 3.80. The minimum absolute atomic E-state index is 0.141. The van der Waals surface area contributed by atoms with E-state index in [4.69, 9.17) is 25.8 Å². The third kappa shape index (κ3) is 4.82. The molecule has 0 amide bonds. The van der Waals surface area contributed by atoms with Gasteiger partial charge in [0.25, 0.3) is 0 Å². The first-order chi connectivity index (χ1) is 12.5. The molecule has 0 aromatic carbocycles. The van der Waals surface area contributed by atoms with Crippen molar-refractivity contribution in [1.82, 2.24) is 9.97 Å². The zero-order valence-electron chi connectivity index (χ0n) is 15.5. The quantitative estimate of drug-likeness (QED) is 0.446. The summed E-state index contributed by atoms with van der Waals surface area (Å²) in [5.74, 6) is 0.340. The van der Waals surface area contributed by atoms with Gasteiger partial charge in [0.05, 0.1) is 25.2 Å². The lowest BCUT2D eigenvalue weighted by Gasteiger charge is -2.24. The molecule has 2 aromatic rings. The summed E-state index contributed by atoms with van der Waals surface area (Å²) in [6, 6.07) is 0. The lowest BCUT2D eigenvalue weighted by molar-refractivity contribution is 0.0510. The second kappa shape index (κ2) is 10.0. The maximum Gasteiger partial charge on any atom is 0.348 e. The summed E-state index contributed by atoms with van der Waals surface area (Å²) in [6.45, 7) is 6.52. The Bertz CT molecular complexity index is 745. The SMILES string of the molecule is CCCOC(=O)c1sc2nc(Cl)nc(N(CCOC)CCOC)c2c1C. The molecule has 2 rings (SSSR count). The summed E-state index contributed by atoms with van der Waals surface area (Å²) in [4.78, 5) is 24.3. The Morgan fingerprint density at radius 3 is 2.38 bits per heavy atom. The Morgan fingerprint density at radius 2 is 1.81 bits per heavy atom. The first-order valence-electron chi connectivity index (χ1n) is 8.40. The smallest absolute Gasteiger partial charge is 0.348 e. The Balaban J connectivity index is 2.50. The van der Waals surface area contributed by atoms with Crippen LogP contribution >= 0.6 is 22.9 Å². The Labute approximate surface area is 162 Å². The molecule has 0 atom stereocenters. The molecule has 0 aliphatic rings. The number of carbonyl (C=O) groups is 1. The maximum atomic E-state index is 12.4. The zero-order chi connectivity index (χ0) is 19.1. The number of aryl methyl sites for hydroxylation is 1. The van der Waals surface area contributed by atoms with Gasteiger partial charge in [0.15, 0.2) is 0 Å². The highest BCUT2D eigenvalue weighted by atomic mass is 35.5. The minimum Gasteiger partial charge on any atom is -0.462 e. The van der Waals surface area contributed by atoms with Crippen LogP contribution in [0.25, 0.3) is 10.2 Å². The number of hydrogen-bond acceptors (Lipinski definition) is 8. The number of methoxy groups -OCH3 is 2. The molecule has 2 aromatic heterocycles. The third-order valence-corrected chi connectivity index (χ3v) is 5.13. The van der Waals surface area contributed by atoms with Crippen molar-refractivity contribution < 1.29 is 19.0 Å². The number of carbonyl (C=O) groups excluding carboxylic acids is 1. The van der Waals surface area contributed by atoms with Crippen LogP contribution in [0.15, 0.2) is 0 Å². The Hall–Kier alpha value is -1.48. The van der Waals surface area contributed by atoms with Crippen LogP contribution in [0, 0.1) is 6.92 Å². The monoisotopic (exact) mass is 401 g/mol. The number of fused-ring (bicyclic) bond motifs is 1. The van der Waals surface area contributed by atoms with Gasteiger partial charge in [-0.2, -0.15) is 4.98 Å². The number of halogens is 1. The van der Waals surface area contributed by atoms with Crippen LogP contribution in [0.4, 0.5) is 5.82 Å². The second-order valence-corrected chi connectivity index (χ2v) is 7.00. The molecule has 2 heterocycles. The number of nitrogens with zero attached hydrogens (tertiary/aromatic N) is 3. The number of anilines is 1. The first kappa shape index (κ1) is 20.8. The van der Waals surface area contributed by atoms with E-state index in [1.165, 1.54) is 11.3 Å². The molecular formula is C17H24ClN3O4S. The van der Waals surface area contributed by atoms with E-state index in [2.05, 4.69) is 9.97 Å². The molecule has 0 unspecified atom stereocenters. The molecule has 0 spiro atoms. The Kier molecular flexibility index (Phi) is 8.02. The molecule has 0 saturated heterocycles. The van der Waals surface area contributed by atoms with Gasteiger partial charge in [-0.1, -0.05) is 6.92 Å². The van der Waals surface area contributed by atoms with Gasteiger partial charge >= 0.3 is 5.97 Å². The molecule has 7 nitrogen and oxygen atoms in total. The number of ether oxygens (including phenoxy) is 3. The van der Waals surface area contributed by atoms with Gasteiger partial charge in [0.2, 0.25) is 5.28 Å². The van der Waals surface area contributed by atoms with Crippen molar-refractivity contribution in [3.63, 3.8) is 0 Å². The van der Waals surface area contributed by atoms with Crippen LogP contribution < -0.4 is 4.90 Å². The predicted molar refractivity (Wildman–Crippen MR) is 104 cm³/mol. The van der Waals surface area contributed by atoms with Crippen molar-refractivity contribution in [3.05, 3.63) is 15.7 Å². The lowest BCUT2D eigenvalue weighted by atomic mass is 10.2. The average Bonchev–Trinajstić information content (AvgIpc) is 2.95. The van der Waals surface area contributed by atoms with E-state index in [0.717, 1.165) is 17.4 Å². The van der Waals surface area contributed by atoms with Gasteiger partial charge < -0.3 is 19.1 Å². The summed E-state index contributed by atoms with van der Waals surface area (Å²) in [6.07, 6.45) is 0.772. The summed E-state index contributed by atoms with van der Waals surface area (Å²) >= 11 is 7.42. The van der Waals surface area contributed by atoms with Crippen molar-refractivity contribution in [2.24, 2.45) is 0 Å². The first-order valence-corrected chi connectivity index (χ1v) is 9.59. The largest absolute Gasteiger partial charge is 0.462 e. The van der Waals surface area contributed by atoms with E-state index in [9.17, 15) is 4.79 Å². The van der Waals surface area contributed by atoms with Crippen LogP contribution in [0.5, 0.6) is 0 Å². The van der Waals surface area contributed by atoms with E-state index >= 15 is 0 Å². The molecule has 144 valence electrons. The predicted octanol–water partition coefficient (Wildman–Crippen LogP) is 3.32. The fourth-order valence-corrected chi connectivity index (χ4v) is 3.79. The van der Waals surface area contributed by atoms with Gasteiger partial charge in [0.1, 0.15) is 15.5 Å². The zero-order valence-corrected chi connectivity index (χ0v) is 17.1. The Morgan fingerprint density at radius 1 is 1.15 bits per heavy atom. The van der Waals surface area contributed by atoms with Crippen molar-refractivity contribution in [1.29, 1.82) is 0 Å². The molecule has 0 aliphatic carbocycles. The molecule has 0 aliphatic heterocycles. The summed E-state index contributed by atoms with van der Waals surface area (Å²) < 4.78 is 15.7. The second-order valence-electron chi connectivity index (χ2n) is 5.66. The highest BCUT2D eigenvalue weighted by Crippen LogP contribution is 2.36. The number of hydrogen-bond donors (Lipinski definition) is 0. The van der Waals surface area contributed by atoms with Crippen LogP contribution in [0.2, 0.25) is 5.28 Å². The van der Waals surface area contributed by atoms with Crippen molar-refractivity contribution in [2.75, 3.05) is 52.0 Å². The topological polar surface area (TPSA) is 73.8 Å². The van der Waals surface area contributed by atoms with Gasteiger partial charge in [-0.15, -0.1) is 11.3 Å². The van der Waals surface area contributed by atoms with E-state index in [1.54, 1.807) is 14.2 Å².